The van der Waals surface area contributed by atoms with Crippen LogP contribution in [0.5, 0.6) is 5.75 Å². The molecule has 0 aromatic heterocycles. The summed E-state index contributed by atoms with van der Waals surface area (Å²) in [6.07, 6.45) is 9.29. The lowest BCUT2D eigenvalue weighted by atomic mass is 9.52. The van der Waals surface area contributed by atoms with E-state index < -0.39 is 6.10 Å². The maximum atomic E-state index is 12.5. The minimum absolute atomic E-state index is 0.0760. The van der Waals surface area contributed by atoms with Crippen molar-refractivity contribution in [2.24, 2.45) is 28.6 Å². The lowest BCUT2D eigenvalue weighted by Gasteiger charge is -2.54. The number of Topliss-reactive ketones (excluding diaryl/α,β-unsaturated/α-hetero) is 1. The summed E-state index contributed by atoms with van der Waals surface area (Å²) in [6, 6.07) is 8.09. The number of hydrogen-bond donors (Lipinski definition) is 2. The van der Waals surface area contributed by atoms with Gasteiger partial charge in [-0.25, -0.2) is 0 Å². The standard InChI is InChI=1S/C27H38O4/c1-4-31-21-9-6-18(7-10-21)5-8-19-17-20(28)13-15-26(19,2)23-14-16-27(3)22(25(23)30)11-12-24(27)29/h5-10,19-20,22-23,25,28,30H,4,11-17H2,1-3H3/b8-5+/t19-,20-,22?,23?,25-,26-,27-/m0/s1. The molecule has 0 heterocycles. The molecule has 0 amide bonds. The molecule has 1 aromatic carbocycles. The minimum atomic E-state index is -0.438. The van der Waals surface area contributed by atoms with Gasteiger partial charge >= 0.3 is 0 Å². The van der Waals surface area contributed by atoms with Crippen LogP contribution in [0, 0.1) is 28.6 Å². The van der Waals surface area contributed by atoms with Crippen LogP contribution in [-0.2, 0) is 4.79 Å². The Morgan fingerprint density at radius 2 is 1.81 bits per heavy atom. The predicted octanol–water partition coefficient (Wildman–Crippen LogP) is 5.02. The van der Waals surface area contributed by atoms with Gasteiger partial charge in [-0.3, -0.25) is 4.79 Å². The van der Waals surface area contributed by atoms with Gasteiger partial charge in [0.1, 0.15) is 11.5 Å². The molecule has 3 fully saturated rings. The number of benzene rings is 1. The first-order valence-electron chi connectivity index (χ1n) is 12.1. The van der Waals surface area contributed by atoms with Crippen molar-refractivity contribution >= 4 is 11.9 Å². The Bertz CT molecular complexity index is 815. The number of hydrogen-bond acceptors (Lipinski definition) is 4. The van der Waals surface area contributed by atoms with Gasteiger partial charge in [0.25, 0.3) is 0 Å². The monoisotopic (exact) mass is 426 g/mol. The van der Waals surface area contributed by atoms with E-state index in [1.165, 1.54) is 0 Å². The van der Waals surface area contributed by atoms with E-state index in [0.717, 1.165) is 49.8 Å². The summed E-state index contributed by atoms with van der Waals surface area (Å²) >= 11 is 0. The van der Waals surface area contributed by atoms with E-state index in [1.54, 1.807) is 0 Å². The number of allylic oxidation sites excluding steroid dienone is 1. The number of fused-ring (bicyclic) bond motifs is 1. The fourth-order valence-corrected chi connectivity index (χ4v) is 6.77. The lowest BCUT2D eigenvalue weighted by molar-refractivity contribution is -0.142. The molecule has 0 saturated heterocycles. The van der Waals surface area contributed by atoms with Gasteiger partial charge in [-0.05, 0) is 86.3 Å². The van der Waals surface area contributed by atoms with Crippen LogP contribution in [-0.4, -0.2) is 34.8 Å². The van der Waals surface area contributed by atoms with E-state index in [0.29, 0.717) is 18.8 Å². The Morgan fingerprint density at radius 1 is 1.06 bits per heavy atom. The second kappa shape index (κ2) is 8.71. The van der Waals surface area contributed by atoms with Crippen LogP contribution < -0.4 is 4.74 Å². The summed E-state index contributed by atoms with van der Waals surface area (Å²) in [5.74, 6) is 1.66. The van der Waals surface area contributed by atoms with Crippen LogP contribution in [0.4, 0.5) is 0 Å². The average Bonchev–Trinajstić information content (AvgIpc) is 3.06. The first kappa shape index (κ1) is 22.5. The quantitative estimate of drug-likeness (QED) is 0.694. The number of carbonyl (C=O) groups excluding carboxylic acids is 1. The molecule has 31 heavy (non-hydrogen) atoms. The molecule has 3 saturated carbocycles. The van der Waals surface area contributed by atoms with Crippen molar-refractivity contribution in [3.8, 4) is 5.75 Å². The van der Waals surface area contributed by atoms with Crippen LogP contribution in [0.25, 0.3) is 6.08 Å². The van der Waals surface area contributed by atoms with Crippen LogP contribution in [0.15, 0.2) is 30.3 Å². The van der Waals surface area contributed by atoms with Gasteiger partial charge in [-0.1, -0.05) is 38.1 Å². The van der Waals surface area contributed by atoms with Crippen molar-refractivity contribution in [3.63, 3.8) is 0 Å². The van der Waals surface area contributed by atoms with Crippen molar-refractivity contribution < 1.29 is 19.7 Å². The zero-order chi connectivity index (χ0) is 22.2. The molecular weight excluding hydrogens is 388 g/mol. The molecule has 2 N–H and O–H groups in total. The molecule has 3 aliphatic rings. The van der Waals surface area contributed by atoms with Crippen LogP contribution in [0.1, 0.15) is 71.3 Å². The van der Waals surface area contributed by atoms with E-state index in [9.17, 15) is 15.0 Å². The fourth-order valence-electron chi connectivity index (χ4n) is 6.77. The molecule has 4 heteroatoms. The molecule has 0 spiro atoms. The first-order chi connectivity index (χ1) is 14.8. The largest absolute Gasteiger partial charge is 0.494 e. The molecule has 4 nitrogen and oxygen atoms in total. The SMILES string of the molecule is CCOc1ccc(/C=C/[C@H]2C[C@@H](O)CC[C@]2(C)C2CC[C@]3(C)C(=O)CCC3[C@@H]2O)cc1. The highest BCUT2D eigenvalue weighted by atomic mass is 16.5. The summed E-state index contributed by atoms with van der Waals surface area (Å²) in [5.41, 5.74) is 0.700. The maximum Gasteiger partial charge on any atom is 0.139 e. The second-order valence-electron chi connectivity index (χ2n) is 10.5. The Hall–Kier alpha value is -1.65. The summed E-state index contributed by atoms with van der Waals surface area (Å²) in [5, 5.41) is 21.9. The molecule has 0 bridgehead atoms. The molecule has 4 rings (SSSR count). The van der Waals surface area contributed by atoms with Crippen molar-refractivity contribution in [1.82, 2.24) is 0 Å². The fraction of sp³-hybridized carbons (Fsp3) is 0.667. The highest BCUT2D eigenvalue weighted by Gasteiger charge is 2.58. The van der Waals surface area contributed by atoms with Gasteiger partial charge in [-0.15, -0.1) is 0 Å². The predicted molar refractivity (Wildman–Crippen MR) is 123 cm³/mol. The Balaban J connectivity index is 1.55. The third-order valence-electron chi connectivity index (χ3n) is 8.89. The molecule has 170 valence electrons. The second-order valence-corrected chi connectivity index (χ2v) is 10.5. The van der Waals surface area contributed by atoms with E-state index in [1.807, 2.05) is 19.1 Å². The molecule has 0 radical (unpaired) electrons. The summed E-state index contributed by atoms with van der Waals surface area (Å²) in [4.78, 5) is 12.5. The summed E-state index contributed by atoms with van der Waals surface area (Å²) < 4.78 is 5.53. The highest BCUT2D eigenvalue weighted by molar-refractivity contribution is 5.87. The molecule has 2 unspecified atom stereocenters. The van der Waals surface area contributed by atoms with Crippen molar-refractivity contribution in [1.29, 1.82) is 0 Å². The number of carbonyl (C=O) groups is 1. The van der Waals surface area contributed by atoms with Crippen molar-refractivity contribution in [2.75, 3.05) is 6.61 Å². The van der Waals surface area contributed by atoms with E-state index in [4.69, 9.17) is 4.74 Å². The molecule has 3 aliphatic carbocycles. The van der Waals surface area contributed by atoms with E-state index in [-0.39, 0.29) is 34.7 Å². The molecule has 0 aliphatic heterocycles. The first-order valence-corrected chi connectivity index (χ1v) is 12.1. The van der Waals surface area contributed by atoms with Gasteiger partial charge in [0, 0.05) is 11.8 Å². The highest BCUT2D eigenvalue weighted by Crippen LogP contribution is 2.59. The summed E-state index contributed by atoms with van der Waals surface area (Å²) in [7, 11) is 0. The average molecular weight is 427 g/mol. The Kier molecular flexibility index (Phi) is 6.33. The number of ketones is 1. The van der Waals surface area contributed by atoms with Gasteiger partial charge < -0.3 is 14.9 Å². The smallest absolute Gasteiger partial charge is 0.139 e. The Morgan fingerprint density at radius 3 is 2.52 bits per heavy atom. The van der Waals surface area contributed by atoms with Crippen LogP contribution >= 0.6 is 0 Å². The topological polar surface area (TPSA) is 66.8 Å². The lowest BCUT2D eigenvalue weighted by Crippen LogP contribution is -2.53. The maximum absolute atomic E-state index is 12.5. The zero-order valence-electron chi connectivity index (χ0n) is 19.2. The summed E-state index contributed by atoms with van der Waals surface area (Å²) in [6.45, 7) is 7.01. The number of rotatable bonds is 5. The minimum Gasteiger partial charge on any atom is -0.494 e. The van der Waals surface area contributed by atoms with E-state index >= 15 is 0 Å². The van der Waals surface area contributed by atoms with Gasteiger partial charge in [0.2, 0.25) is 0 Å². The molecule has 7 atom stereocenters. The van der Waals surface area contributed by atoms with Gasteiger partial charge in [0.15, 0.2) is 0 Å². The van der Waals surface area contributed by atoms with Gasteiger partial charge in [-0.2, -0.15) is 0 Å². The van der Waals surface area contributed by atoms with Crippen molar-refractivity contribution in [3.05, 3.63) is 35.9 Å². The number of aliphatic hydroxyl groups is 2. The third kappa shape index (κ3) is 4.09. The zero-order valence-corrected chi connectivity index (χ0v) is 19.2. The van der Waals surface area contributed by atoms with E-state index in [2.05, 4.69) is 38.1 Å². The van der Waals surface area contributed by atoms with Crippen LogP contribution in [0.2, 0.25) is 0 Å². The number of ether oxygens (including phenoxy) is 1. The third-order valence-corrected chi connectivity index (χ3v) is 8.89. The van der Waals surface area contributed by atoms with Gasteiger partial charge in [0.05, 0.1) is 18.8 Å². The number of aliphatic hydroxyl groups excluding tert-OH is 2. The Labute approximate surface area is 186 Å². The normalized spacial score (nSPS) is 40.8. The van der Waals surface area contributed by atoms with Crippen LogP contribution in [0.3, 0.4) is 0 Å². The molecule has 1 aromatic rings. The van der Waals surface area contributed by atoms with Crippen molar-refractivity contribution in [2.45, 2.75) is 77.9 Å². The molecular formula is C27H38O4.